The normalized spacial score (nSPS) is 12.3. The van der Waals surface area contributed by atoms with Crippen LogP contribution < -0.4 is 24.3 Å². The van der Waals surface area contributed by atoms with E-state index in [-0.39, 0.29) is 6.04 Å². The minimum Gasteiger partial charge on any atom is -0.497 e. The molecule has 0 aliphatic heterocycles. The Bertz CT molecular complexity index is 1840. The topological polar surface area (TPSA) is 82.1 Å². The maximum absolute atomic E-state index is 11.5. The van der Waals surface area contributed by atoms with Gasteiger partial charge in [-0.25, -0.2) is 0 Å². The van der Waals surface area contributed by atoms with E-state index >= 15 is 0 Å². The van der Waals surface area contributed by atoms with Gasteiger partial charge >= 0.3 is 0 Å². The van der Waals surface area contributed by atoms with Crippen LogP contribution in [0.3, 0.4) is 0 Å². The minimum atomic E-state index is -0.793. The molecule has 6 aromatic rings. The van der Waals surface area contributed by atoms with E-state index < -0.39 is 6.10 Å². The predicted octanol–water partition coefficient (Wildman–Crippen LogP) is 8.19. The maximum atomic E-state index is 11.5. The summed E-state index contributed by atoms with van der Waals surface area (Å²) in [6.07, 6.45) is 0.930. The number of methoxy groups -OCH3 is 1. The van der Waals surface area contributed by atoms with Gasteiger partial charge in [-0.1, -0.05) is 91.0 Å². The monoisotopic (exact) mass is 640 g/mol. The molecule has 2 N–H and O–H groups in total. The lowest BCUT2D eigenvalue weighted by atomic mass is 9.99. The molecule has 5 aromatic carbocycles. The molecule has 1 heterocycles. The van der Waals surface area contributed by atoms with E-state index in [1.165, 1.54) is 0 Å². The predicted molar refractivity (Wildman–Crippen MR) is 188 cm³/mol. The SMILES string of the molecule is COc1ccc2nccc([C@H](O)[C@@H](C)NCc3cc(OCc4ccccc4)c(OCc4ccccc4)c(OCc4ccccc4)c3)c2c1. The fourth-order valence-electron chi connectivity index (χ4n) is 5.48. The molecule has 0 aliphatic rings. The van der Waals surface area contributed by atoms with E-state index in [1.54, 1.807) is 13.3 Å². The fraction of sp³-hybridized carbons (Fsp3) is 0.195. The van der Waals surface area contributed by atoms with Gasteiger partial charge in [0, 0.05) is 24.2 Å². The highest BCUT2D eigenvalue weighted by molar-refractivity contribution is 5.84. The van der Waals surface area contributed by atoms with Crippen LogP contribution in [-0.4, -0.2) is 23.2 Å². The van der Waals surface area contributed by atoms with Crippen LogP contribution in [-0.2, 0) is 26.4 Å². The van der Waals surface area contributed by atoms with E-state index in [4.69, 9.17) is 18.9 Å². The molecule has 0 saturated carbocycles. The average Bonchev–Trinajstić information content (AvgIpc) is 3.15. The van der Waals surface area contributed by atoms with Crippen LogP contribution in [0.1, 0.15) is 40.8 Å². The van der Waals surface area contributed by atoms with Gasteiger partial charge in [-0.05, 0) is 71.1 Å². The van der Waals surface area contributed by atoms with Gasteiger partial charge in [0.05, 0.1) is 18.7 Å². The van der Waals surface area contributed by atoms with Crippen LogP contribution in [0.25, 0.3) is 10.9 Å². The second-order valence-electron chi connectivity index (χ2n) is 11.6. The number of aromatic nitrogens is 1. The Kier molecular flexibility index (Phi) is 10.8. The Morgan fingerprint density at radius 2 is 1.19 bits per heavy atom. The third kappa shape index (κ3) is 8.31. The summed E-state index contributed by atoms with van der Waals surface area (Å²) in [5.74, 6) is 2.42. The van der Waals surface area contributed by atoms with Crippen molar-refractivity contribution in [2.24, 2.45) is 0 Å². The first-order valence-corrected chi connectivity index (χ1v) is 16.1. The summed E-state index contributed by atoms with van der Waals surface area (Å²) in [7, 11) is 1.63. The minimum absolute atomic E-state index is 0.293. The average molecular weight is 641 g/mol. The van der Waals surface area contributed by atoms with Crippen LogP contribution >= 0.6 is 0 Å². The number of nitrogens with one attached hydrogen (secondary N) is 1. The zero-order valence-electron chi connectivity index (χ0n) is 27.2. The molecule has 0 fully saturated rings. The standard InChI is InChI=1S/C41H40N2O5/c1-29(40(44)35-20-21-42-37-19-18-34(45-2)24-36(35)37)43-25-33-22-38(46-26-30-12-6-3-7-13-30)41(48-28-32-16-10-5-11-17-32)39(23-33)47-27-31-14-8-4-9-15-31/h3-24,29,40,43-44H,25-28H2,1-2H3/t29-,40-/m1/s1. The molecule has 48 heavy (non-hydrogen) atoms. The summed E-state index contributed by atoms with van der Waals surface area (Å²) >= 11 is 0. The largest absolute Gasteiger partial charge is 0.497 e. The fourth-order valence-corrected chi connectivity index (χ4v) is 5.48. The van der Waals surface area contributed by atoms with E-state index in [0.29, 0.717) is 49.4 Å². The third-order valence-corrected chi connectivity index (χ3v) is 8.18. The van der Waals surface area contributed by atoms with Gasteiger partial charge in [0.1, 0.15) is 25.6 Å². The molecule has 2 atom stereocenters. The molecule has 0 aliphatic carbocycles. The lowest BCUT2D eigenvalue weighted by Gasteiger charge is -2.23. The van der Waals surface area contributed by atoms with Gasteiger partial charge < -0.3 is 29.4 Å². The van der Waals surface area contributed by atoms with Crippen molar-refractivity contribution in [1.29, 1.82) is 0 Å². The molecule has 0 amide bonds. The zero-order chi connectivity index (χ0) is 33.1. The number of rotatable bonds is 15. The van der Waals surface area contributed by atoms with Crippen molar-refractivity contribution in [3.63, 3.8) is 0 Å². The smallest absolute Gasteiger partial charge is 0.203 e. The molecule has 0 radical (unpaired) electrons. The van der Waals surface area contributed by atoms with Crippen molar-refractivity contribution in [3.05, 3.63) is 161 Å². The van der Waals surface area contributed by atoms with Crippen molar-refractivity contribution >= 4 is 10.9 Å². The van der Waals surface area contributed by atoms with E-state index in [0.717, 1.165) is 38.7 Å². The second kappa shape index (κ2) is 16.0. The molecule has 0 bridgehead atoms. The Hall–Kier alpha value is -5.37. The summed E-state index contributed by atoms with van der Waals surface area (Å²) in [5.41, 5.74) is 5.62. The Morgan fingerprint density at radius 3 is 1.73 bits per heavy atom. The summed E-state index contributed by atoms with van der Waals surface area (Å²) in [4.78, 5) is 4.47. The summed E-state index contributed by atoms with van der Waals surface area (Å²) < 4.78 is 24.8. The van der Waals surface area contributed by atoms with Crippen LogP contribution in [0.4, 0.5) is 0 Å². The summed E-state index contributed by atoms with van der Waals surface area (Å²) in [6.45, 7) is 3.51. The van der Waals surface area contributed by atoms with Gasteiger partial charge in [-0.15, -0.1) is 0 Å². The molecular formula is C41H40N2O5. The van der Waals surface area contributed by atoms with Crippen LogP contribution in [0, 0.1) is 0 Å². The van der Waals surface area contributed by atoms with E-state index in [2.05, 4.69) is 10.3 Å². The number of fused-ring (bicyclic) bond motifs is 1. The van der Waals surface area contributed by atoms with E-state index in [9.17, 15) is 5.11 Å². The molecule has 244 valence electrons. The van der Waals surface area contributed by atoms with Crippen molar-refractivity contribution < 1.29 is 24.1 Å². The molecule has 0 spiro atoms. The highest BCUT2D eigenvalue weighted by Crippen LogP contribution is 2.41. The Morgan fingerprint density at radius 1 is 0.646 bits per heavy atom. The third-order valence-electron chi connectivity index (χ3n) is 8.18. The molecule has 0 unspecified atom stereocenters. The number of aliphatic hydroxyl groups is 1. The molecular weight excluding hydrogens is 600 g/mol. The molecule has 6 rings (SSSR count). The number of hydrogen-bond acceptors (Lipinski definition) is 7. The molecule has 7 nitrogen and oxygen atoms in total. The first-order chi connectivity index (χ1) is 23.6. The van der Waals surface area contributed by atoms with E-state index in [1.807, 2.05) is 134 Å². The summed E-state index contributed by atoms with van der Waals surface area (Å²) in [5, 5.41) is 15.8. The Balaban J connectivity index is 1.28. The number of ether oxygens (including phenoxy) is 4. The maximum Gasteiger partial charge on any atom is 0.203 e. The highest BCUT2D eigenvalue weighted by Gasteiger charge is 2.21. The second-order valence-corrected chi connectivity index (χ2v) is 11.6. The van der Waals surface area contributed by atoms with Crippen molar-refractivity contribution in [1.82, 2.24) is 10.3 Å². The summed E-state index contributed by atoms with van der Waals surface area (Å²) in [6, 6.07) is 41.3. The number of pyridine rings is 1. The molecule has 7 heteroatoms. The van der Waals surface area contributed by atoms with Crippen molar-refractivity contribution in [2.45, 2.75) is 45.4 Å². The van der Waals surface area contributed by atoms with Gasteiger partial charge in [0.25, 0.3) is 0 Å². The molecule has 0 saturated heterocycles. The number of nitrogens with zero attached hydrogens (tertiary/aromatic N) is 1. The van der Waals surface area contributed by atoms with Gasteiger partial charge in [-0.3, -0.25) is 4.98 Å². The van der Waals surface area contributed by atoms with Gasteiger partial charge in [0.15, 0.2) is 11.5 Å². The van der Waals surface area contributed by atoms with Crippen LogP contribution in [0.15, 0.2) is 134 Å². The zero-order valence-corrected chi connectivity index (χ0v) is 27.2. The van der Waals surface area contributed by atoms with Crippen molar-refractivity contribution in [2.75, 3.05) is 7.11 Å². The van der Waals surface area contributed by atoms with Crippen LogP contribution in [0.2, 0.25) is 0 Å². The van der Waals surface area contributed by atoms with Crippen LogP contribution in [0.5, 0.6) is 23.0 Å². The number of aliphatic hydroxyl groups excluding tert-OH is 1. The highest BCUT2D eigenvalue weighted by atomic mass is 16.5. The first kappa shape index (κ1) is 32.6. The number of hydrogen-bond donors (Lipinski definition) is 2. The lowest BCUT2D eigenvalue weighted by molar-refractivity contribution is 0.136. The molecule has 1 aromatic heterocycles. The first-order valence-electron chi connectivity index (χ1n) is 16.1. The van der Waals surface area contributed by atoms with Crippen molar-refractivity contribution in [3.8, 4) is 23.0 Å². The number of benzene rings is 5. The van der Waals surface area contributed by atoms with Gasteiger partial charge in [0.2, 0.25) is 5.75 Å². The van der Waals surface area contributed by atoms with Gasteiger partial charge in [-0.2, -0.15) is 0 Å². The lowest BCUT2D eigenvalue weighted by Crippen LogP contribution is -2.31. The quantitative estimate of drug-likeness (QED) is 0.117. The Labute approximate surface area is 281 Å².